The molecule has 1 heterocycles. The average Bonchev–Trinajstić information content (AvgIpc) is 2.98. The summed E-state index contributed by atoms with van der Waals surface area (Å²) in [6, 6.07) is 12.3. The molecule has 0 spiro atoms. The lowest BCUT2D eigenvalue weighted by molar-refractivity contribution is -0.133. The second kappa shape index (κ2) is 9.72. The van der Waals surface area contributed by atoms with E-state index in [1.807, 2.05) is 0 Å². The largest absolute Gasteiger partial charge is 0.494 e. The quantitative estimate of drug-likeness (QED) is 0.504. The highest BCUT2D eigenvalue weighted by atomic mass is 16.5. The van der Waals surface area contributed by atoms with Crippen LogP contribution in [-0.4, -0.2) is 41.8 Å². The molecular weight excluding hydrogens is 424 g/mol. The highest BCUT2D eigenvalue weighted by Crippen LogP contribution is 2.30. The van der Waals surface area contributed by atoms with E-state index in [0.29, 0.717) is 35.1 Å². The SMILES string of the molecule is CC(C)CCOc1ccc([C@@]2(C)NC(=O)N(CC(=O)Nc3ccc(C(N)=O)cc3)C2=O)cc1. The van der Waals surface area contributed by atoms with Crippen LogP contribution in [0.15, 0.2) is 48.5 Å². The van der Waals surface area contributed by atoms with E-state index in [1.54, 1.807) is 31.2 Å². The molecule has 0 radical (unpaired) electrons. The van der Waals surface area contributed by atoms with Crippen LogP contribution >= 0.6 is 0 Å². The number of carbonyl (C=O) groups excluding carboxylic acids is 4. The monoisotopic (exact) mass is 452 g/mol. The number of amides is 5. The molecular formula is C24H28N4O5. The van der Waals surface area contributed by atoms with E-state index >= 15 is 0 Å². The fourth-order valence-electron chi connectivity index (χ4n) is 3.40. The Morgan fingerprint density at radius 3 is 2.30 bits per heavy atom. The van der Waals surface area contributed by atoms with Crippen molar-refractivity contribution in [2.45, 2.75) is 32.7 Å². The average molecular weight is 453 g/mol. The Kier molecular flexibility index (Phi) is 7.01. The summed E-state index contributed by atoms with van der Waals surface area (Å²) >= 11 is 0. The maximum Gasteiger partial charge on any atom is 0.325 e. The molecule has 1 fully saturated rings. The summed E-state index contributed by atoms with van der Waals surface area (Å²) in [5.41, 5.74) is 5.20. The molecule has 3 rings (SSSR count). The Hall–Kier alpha value is -3.88. The molecule has 9 heteroatoms. The van der Waals surface area contributed by atoms with Gasteiger partial charge in [0.1, 0.15) is 17.8 Å². The van der Waals surface area contributed by atoms with E-state index in [4.69, 9.17) is 10.5 Å². The minimum absolute atomic E-state index is 0.300. The van der Waals surface area contributed by atoms with Crippen LogP contribution in [0.2, 0.25) is 0 Å². The van der Waals surface area contributed by atoms with Gasteiger partial charge in [0.05, 0.1) is 6.61 Å². The molecule has 1 atom stereocenters. The third kappa shape index (κ3) is 5.49. The van der Waals surface area contributed by atoms with Crippen LogP contribution in [0.4, 0.5) is 10.5 Å². The van der Waals surface area contributed by atoms with Gasteiger partial charge in [-0.2, -0.15) is 0 Å². The van der Waals surface area contributed by atoms with E-state index in [1.165, 1.54) is 24.3 Å². The highest BCUT2D eigenvalue weighted by Gasteiger charge is 2.49. The number of nitrogens with zero attached hydrogens (tertiary/aromatic N) is 1. The minimum Gasteiger partial charge on any atom is -0.494 e. The fraction of sp³-hybridized carbons (Fsp3) is 0.333. The predicted molar refractivity (Wildman–Crippen MR) is 123 cm³/mol. The second-order valence-corrected chi connectivity index (χ2v) is 8.49. The number of hydrogen-bond acceptors (Lipinski definition) is 5. The van der Waals surface area contributed by atoms with Gasteiger partial charge in [-0.25, -0.2) is 4.79 Å². The van der Waals surface area contributed by atoms with Gasteiger partial charge in [0.25, 0.3) is 5.91 Å². The first-order chi connectivity index (χ1) is 15.6. The summed E-state index contributed by atoms with van der Waals surface area (Å²) in [6.07, 6.45) is 0.931. The second-order valence-electron chi connectivity index (χ2n) is 8.49. The smallest absolute Gasteiger partial charge is 0.325 e. The van der Waals surface area contributed by atoms with Crippen molar-refractivity contribution < 1.29 is 23.9 Å². The molecule has 0 bridgehead atoms. The lowest BCUT2D eigenvalue weighted by atomic mass is 9.92. The Morgan fingerprint density at radius 1 is 1.09 bits per heavy atom. The zero-order chi connectivity index (χ0) is 24.2. The molecule has 2 aromatic rings. The summed E-state index contributed by atoms with van der Waals surface area (Å²) < 4.78 is 5.70. The van der Waals surface area contributed by atoms with Crippen LogP contribution in [-0.2, 0) is 15.1 Å². The molecule has 1 aliphatic heterocycles. The molecule has 5 amide bonds. The van der Waals surface area contributed by atoms with Crippen LogP contribution in [0, 0.1) is 5.92 Å². The number of rotatable bonds is 9. The molecule has 2 aromatic carbocycles. The predicted octanol–water partition coefficient (Wildman–Crippen LogP) is 2.62. The van der Waals surface area contributed by atoms with Crippen molar-refractivity contribution in [2.24, 2.45) is 11.7 Å². The van der Waals surface area contributed by atoms with Crippen LogP contribution in [0.1, 0.15) is 43.1 Å². The van der Waals surface area contributed by atoms with Crippen molar-refractivity contribution in [3.05, 3.63) is 59.7 Å². The van der Waals surface area contributed by atoms with Gasteiger partial charge in [0.15, 0.2) is 0 Å². The molecule has 0 unspecified atom stereocenters. The summed E-state index contributed by atoms with van der Waals surface area (Å²) in [7, 11) is 0. The number of carbonyl (C=O) groups is 4. The van der Waals surface area contributed by atoms with Gasteiger partial charge in [-0.15, -0.1) is 0 Å². The Morgan fingerprint density at radius 2 is 1.73 bits per heavy atom. The summed E-state index contributed by atoms with van der Waals surface area (Å²) in [4.78, 5) is 50.0. The van der Waals surface area contributed by atoms with Gasteiger partial charge >= 0.3 is 6.03 Å². The van der Waals surface area contributed by atoms with Crippen molar-refractivity contribution in [3.8, 4) is 5.75 Å². The van der Waals surface area contributed by atoms with Crippen molar-refractivity contribution >= 4 is 29.4 Å². The number of benzene rings is 2. The lowest BCUT2D eigenvalue weighted by Crippen LogP contribution is -2.42. The summed E-state index contributed by atoms with van der Waals surface area (Å²) in [5, 5.41) is 5.27. The van der Waals surface area contributed by atoms with Gasteiger partial charge in [0.2, 0.25) is 11.8 Å². The standard InChI is InChI=1S/C24H28N4O5/c1-15(2)12-13-33-19-10-6-17(7-11-19)24(3)22(31)28(23(32)27-24)14-20(29)26-18-8-4-16(5-9-18)21(25)30/h4-11,15H,12-14H2,1-3H3,(H2,25,30)(H,26,29)(H,27,32)/t24-/m1/s1. The van der Waals surface area contributed by atoms with Crippen LogP contribution in [0.5, 0.6) is 5.75 Å². The first kappa shape index (κ1) is 23.8. The zero-order valence-corrected chi connectivity index (χ0v) is 18.9. The van der Waals surface area contributed by atoms with E-state index in [2.05, 4.69) is 24.5 Å². The van der Waals surface area contributed by atoms with Gasteiger partial charge in [-0.05, 0) is 61.2 Å². The number of anilines is 1. The van der Waals surface area contributed by atoms with E-state index < -0.39 is 35.8 Å². The molecule has 1 saturated heterocycles. The number of nitrogens with two attached hydrogens (primary N) is 1. The topological polar surface area (TPSA) is 131 Å². The number of urea groups is 1. The zero-order valence-electron chi connectivity index (χ0n) is 18.9. The van der Waals surface area contributed by atoms with Gasteiger partial charge in [-0.3, -0.25) is 19.3 Å². The van der Waals surface area contributed by atoms with Crippen molar-refractivity contribution in [2.75, 3.05) is 18.5 Å². The Labute approximate surface area is 192 Å². The summed E-state index contributed by atoms with van der Waals surface area (Å²) in [6.45, 7) is 5.98. The van der Waals surface area contributed by atoms with E-state index in [0.717, 1.165) is 11.3 Å². The summed E-state index contributed by atoms with van der Waals surface area (Å²) in [5.74, 6) is -0.448. The van der Waals surface area contributed by atoms with Crippen LogP contribution < -0.4 is 21.1 Å². The molecule has 33 heavy (non-hydrogen) atoms. The third-order valence-electron chi connectivity index (χ3n) is 5.43. The minimum atomic E-state index is -1.29. The lowest BCUT2D eigenvalue weighted by Gasteiger charge is -2.22. The van der Waals surface area contributed by atoms with Gasteiger partial charge in [0, 0.05) is 11.3 Å². The number of primary amides is 1. The number of nitrogens with one attached hydrogen (secondary N) is 2. The molecule has 1 aliphatic rings. The molecule has 0 aliphatic carbocycles. The molecule has 0 saturated carbocycles. The molecule has 4 N–H and O–H groups in total. The third-order valence-corrected chi connectivity index (χ3v) is 5.43. The van der Waals surface area contributed by atoms with Crippen LogP contribution in [0.3, 0.4) is 0 Å². The normalized spacial score (nSPS) is 17.8. The number of ether oxygens (including phenoxy) is 1. The fourth-order valence-corrected chi connectivity index (χ4v) is 3.40. The van der Waals surface area contributed by atoms with Gasteiger partial charge < -0.3 is 21.1 Å². The Balaban J connectivity index is 1.64. The Bertz CT molecular complexity index is 1050. The number of hydrogen-bond donors (Lipinski definition) is 3. The van der Waals surface area contributed by atoms with Crippen molar-refractivity contribution in [1.29, 1.82) is 0 Å². The molecule has 174 valence electrons. The molecule has 9 nitrogen and oxygen atoms in total. The highest BCUT2D eigenvalue weighted by molar-refractivity contribution is 6.10. The van der Waals surface area contributed by atoms with Crippen molar-refractivity contribution in [1.82, 2.24) is 10.2 Å². The van der Waals surface area contributed by atoms with E-state index in [-0.39, 0.29) is 0 Å². The maximum atomic E-state index is 13.1. The maximum absolute atomic E-state index is 13.1. The molecule has 0 aromatic heterocycles. The number of imide groups is 1. The van der Waals surface area contributed by atoms with Crippen LogP contribution in [0.25, 0.3) is 0 Å². The van der Waals surface area contributed by atoms with E-state index in [9.17, 15) is 19.2 Å². The van der Waals surface area contributed by atoms with Gasteiger partial charge in [-0.1, -0.05) is 26.0 Å². The van der Waals surface area contributed by atoms with Crippen molar-refractivity contribution in [3.63, 3.8) is 0 Å². The first-order valence-electron chi connectivity index (χ1n) is 10.7. The first-order valence-corrected chi connectivity index (χ1v) is 10.7.